The molecular formula is C41H37F8N5O15S. The van der Waals surface area contributed by atoms with Gasteiger partial charge < -0.3 is 66.1 Å². The van der Waals surface area contributed by atoms with Crippen LogP contribution in [-0.2, 0) is 46.8 Å². The number of pyridine rings is 1. The van der Waals surface area contributed by atoms with Crippen LogP contribution in [0.2, 0.25) is 0 Å². The number of carboxylic acid groups (broad SMARTS) is 3. The number of aromatic nitrogens is 2. The van der Waals surface area contributed by atoms with Gasteiger partial charge in [0.2, 0.25) is 22.0 Å². The smallest absolute Gasteiger partial charge is 0.430 e. The Hall–Kier alpha value is -7.31. The van der Waals surface area contributed by atoms with E-state index in [1.54, 1.807) is 47.3 Å². The van der Waals surface area contributed by atoms with Crippen LogP contribution in [0.5, 0.6) is 5.75 Å². The normalized spacial score (nSPS) is 18.0. The predicted octanol–water partition coefficient (Wildman–Crippen LogP) is -1.25. The molecule has 0 spiro atoms. The number of carbonyl (C=O) groups is 5. The number of sulfone groups is 1. The third-order valence-corrected chi connectivity index (χ3v) is 11.1. The van der Waals surface area contributed by atoms with E-state index in [-0.39, 0.29) is 35.8 Å². The van der Waals surface area contributed by atoms with Gasteiger partial charge >= 0.3 is 18.3 Å². The number of amides is 2. The Morgan fingerprint density at radius 2 is 1.37 bits per heavy atom. The second-order valence-corrected chi connectivity index (χ2v) is 16.4. The number of ether oxygens (including phenoxy) is 2. The zero-order chi connectivity index (χ0) is 52.5. The number of carbonyl (C=O) groups excluding carboxylic acids is 4. The van der Waals surface area contributed by atoms with Crippen LogP contribution in [0.15, 0.2) is 101 Å². The number of hydrogen-bond acceptors (Lipinski definition) is 14. The minimum Gasteiger partial charge on any atom is -0.542 e. The van der Waals surface area contributed by atoms with Gasteiger partial charge in [-0.15, -0.1) is 0 Å². The summed E-state index contributed by atoms with van der Waals surface area (Å²) < 4.78 is 131. The van der Waals surface area contributed by atoms with Crippen molar-refractivity contribution in [2.45, 2.75) is 72.4 Å². The Morgan fingerprint density at radius 3 is 1.91 bits per heavy atom. The lowest BCUT2D eigenvalue weighted by Gasteiger charge is -2.38. The van der Waals surface area contributed by atoms with E-state index in [2.05, 4.69) is 16.4 Å². The highest BCUT2D eigenvalue weighted by atomic mass is 32.2. The lowest BCUT2D eigenvalue weighted by Crippen LogP contribution is -2.61. The first-order valence-corrected chi connectivity index (χ1v) is 21.0. The maximum atomic E-state index is 13.6. The molecule has 3 heterocycles. The van der Waals surface area contributed by atoms with Crippen molar-refractivity contribution in [1.29, 1.82) is 0 Å². The zero-order valence-electron chi connectivity index (χ0n) is 35.2. The Morgan fingerprint density at radius 1 is 0.800 bits per heavy atom. The maximum absolute atomic E-state index is 13.6. The molecule has 378 valence electrons. The predicted molar refractivity (Wildman–Crippen MR) is 211 cm³/mol. The first kappa shape index (κ1) is 55.3. The summed E-state index contributed by atoms with van der Waals surface area (Å²) in [4.78, 5) is 54.1. The van der Waals surface area contributed by atoms with Gasteiger partial charge in [0.15, 0.2) is 6.10 Å². The summed E-state index contributed by atoms with van der Waals surface area (Å²) in [5.74, 6) is -10.5. The van der Waals surface area contributed by atoms with E-state index in [0.29, 0.717) is 34.9 Å². The standard InChI is InChI=1S/C37H35F2N5O11S.2C2HF3O2/c38-23-14-24(39)16-26(15-23)56(52,53)25-5-1-20(2-6-25)17-41-35(49)22-4-8-30-43(11-12-44(30)19-22)18-21-3-7-28(27(13-21)42-29(45)9-10-40)54-37-33(48)31(46)32(47)34(55-37)36(50)51;2*3-2(4,5)1(6)7/h1-8,11-16,19,31-34,37,46-48H,9-10,17-18,40H2,(H2-,41,42,45,49,50,51);2*(H,6,7)/t31-,32-,33+,34-,37+;;/m0../s1. The van der Waals surface area contributed by atoms with E-state index in [0.717, 1.165) is 12.1 Å². The highest BCUT2D eigenvalue weighted by molar-refractivity contribution is 7.91. The fraction of sp³-hybridized carbons (Fsp3) is 0.268. The summed E-state index contributed by atoms with van der Waals surface area (Å²) in [5, 5.41) is 63.1. The van der Waals surface area contributed by atoms with Crippen molar-refractivity contribution in [3.63, 3.8) is 0 Å². The highest BCUT2D eigenvalue weighted by Gasteiger charge is 2.48. The van der Waals surface area contributed by atoms with Gasteiger partial charge in [-0.25, -0.2) is 31.0 Å². The van der Waals surface area contributed by atoms with Gasteiger partial charge in [-0.1, -0.05) is 18.2 Å². The number of rotatable bonds is 13. The molecule has 0 bridgehead atoms. The Labute approximate surface area is 387 Å². The summed E-state index contributed by atoms with van der Waals surface area (Å²) in [5.41, 5.74) is 6.08. The van der Waals surface area contributed by atoms with Crippen LogP contribution in [0.4, 0.5) is 40.8 Å². The number of aliphatic carboxylic acids is 3. The van der Waals surface area contributed by atoms with Crippen LogP contribution in [0.1, 0.15) is 27.9 Å². The number of hydrogen-bond donors (Lipinski definition) is 7. The minimum absolute atomic E-state index is 0.00753. The monoisotopic (exact) mass is 1020 g/mol. The lowest BCUT2D eigenvalue weighted by molar-refractivity contribution is -0.661. The fourth-order valence-electron chi connectivity index (χ4n) is 5.98. The van der Waals surface area contributed by atoms with Crippen molar-refractivity contribution in [3.8, 4) is 5.75 Å². The summed E-state index contributed by atoms with van der Waals surface area (Å²) in [6, 6.07) is 15.6. The van der Waals surface area contributed by atoms with E-state index in [1.807, 2.05) is 4.57 Å². The second-order valence-electron chi connectivity index (χ2n) is 14.5. The largest absolute Gasteiger partial charge is 0.542 e. The molecule has 29 heteroatoms. The van der Waals surface area contributed by atoms with E-state index in [4.69, 9.17) is 29.3 Å². The number of quaternary nitrogens is 1. The molecule has 20 nitrogen and oxygen atoms in total. The molecule has 1 fully saturated rings. The molecule has 2 aromatic heterocycles. The molecule has 9 N–H and O–H groups in total. The Kier molecular flexibility index (Phi) is 18.1. The SMILES string of the molecule is O=C([O-])C(F)(F)F.O=C([O-])C(F)(F)F.[NH3+]CCC(=O)Nc1cc(C[n+]2ccn3cc(C(=O)NCc4ccc(S(=O)(=O)c5cc(F)cc(F)c5)cc4)ccc32)ccc1O[C@@H]1O[C@H](C(=O)O)[C@@H](O)[C@H](O)[C@H]1O. The second kappa shape index (κ2) is 22.9. The molecule has 0 aliphatic carbocycles. The van der Waals surface area contributed by atoms with Crippen LogP contribution >= 0.6 is 0 Å². The summed E-state index contributed by atoms with van der Waals surface area (Å²) in [6.07, 6.45) is -14.4. The van der Waals surface area contributed by atoms with Gasteiger partial charge in [-0.05, 0) is 53.6 Å². The van der Waals surface area contributed by atoms with Gasteiger partial charge in [-0.3, -0.25) is 9.59 Å². The summed E-state index contributed by atoms with van der Waals surface area (Å²) in [6.45, 7) is 0.625. The number of alkyl halides is 6. The molecule has 70 heavy (non-hydrogen) atoms. The first-order valence-electron chi connectivity index (χ1n) is 19.5. The molecule has 0 radical (unpaired) electrons. The van der Waals surface area contributed by atoms with Gasteiger partial charge in [0.1, 0.15) is 72.8 Å². The molecule has 0 unspecified atom stereocenters. The van der Waals surface area contributed by atoms with Gasteiger partial charge in [-0.2, -0.15) is 26.3 Å². The van der Waals surface area contributed by atoms with Crippen LogP contribution < -0.4 is 35.9 Å². The number of anilines is 1. The molecule has 1 saturated heterocycles. The average Bonchev–Trinajstić information content (AvgIpc) is 3.67. The fourth-order valence-corrected chi connectivity index (χ4v) is 7.28. The van der Waals surface area contributed by atoms with Crippen molar-refractivity contribution < 1.29 is 118 Å². The number of halogens is 8. The minimum atomic E-state index is -5.19. The molecule has 1 aliphatic rings. The number of benzene rings is 3. The first-order chi connectivity index (χ1) is 32.5. The number of nitrogens with one attached hydrogen (secondary N) is 2. The number of aliphatic hydroxyl groups excluding tert-OH is 3. The van der Waals surface area contributed by atoms with E-state index in [1.165, 1.54) is 30.3 Å². The molecular weight excluding hydrogens is 987 g/mol. The number of carboxylic acids is 3. The third kappa shape index (κ3) is 14.6. The lowest BCUT2D eigenvalue weighted by atomic mass is 9.99. The Balaban J connectivity index is 0.000000664. The molecule has 0 saturated carbocycles. The van der Waals surface area contributed by atoms with Crippen molar-refractivity contribution in [2.75, 3.05) is 11.9 Å². The topological polar surface area (TPSA) is 325 Å². The van der Waals surface area contributed by atoms with Crippen LogP contribution in [-0.4, -0.2) is 113 Å². The highest BCUT2D eigenvalue weighted by Crippen LogP contribution is 2.31. The molecule has 2 amide bonds. The van der Waals surface area contributed by atoms with Crippen molar-refractivity contribution in [2.24, 2.45) is 0 Å². The average molecular weight is 1020 g/mol. The van der Waals surface area contributed by atoms with E-state index < -0.39 is 99.1 Å². The summed E-state index contributed by atoms with van der Waals surface area (Å²) in [7, 11) is -4.18. The number of aliphatic hydroxyl groups is 3. The van der Waals surface area contributed by atoms with Gasteiger partial charge in [0.05, 0.1) is 34.0 Å². The van der Waals surface area contributed by atoms with Crippen LogP contribution in [0, 0.1) is 11.6 Å². The molecule has 5 aromatic rings. The quantitative estimate of drug-likeness (QED) is 0.0536. The van der Waals surface area contributed by atoms with Crippen molar-refractivity contribution in [3.05, 3.63) is 120 Å². The van der Waals surface area contributed by atoms with Gasteiger partial charge in [0, 0.05) is 18.7 Å². The van der Waals surface area contributed by atoms with Crippen LogP contribution in [0.3, 0.4) is 0 Å². The van der Waals surface area contributed by atoms with Crippen molar-refractivity contribution in [1.82, 2.24) is 9.72 Å². The summed E-state index contributed by atoms with van der Waals surface area (Å²) >= 11 is 0. The van der Waals surface area contributed by atoms with Crippen LogP contribution in [0.25, 0.3) is 5.65 Å². The molecule has 1 aliphatic heterocycles. The molecule has 5 atom stereocenters. The number of nitrogens with zero attached hydrogens (tertiary/aromatic N) is 2. The third-order valence-electron chi connectivity index (χ3n) is 9.35. The molecule has 6 rings (SSSR count). The zero-order valence-corrected chi connectivity index (χ0v) is 36.0. The van der Waals surface area contributed by atoms with E-state index in [9.17, 15) is 78.4 Å². The van der Waals surface area contributed by atoms with E-state index >= 15 is 0 Å². The van der Waals surface area contributed by atoms with Gasteiger partial charge in [0.25, 0.3) is 11.6 Å². The van der Waals surface area contributed by atoms with Crippen molar-refractivity contribution >= 4 is 50.9 Å². The maximum Gasteiger partial charge on any atom is 0.430 e. The Bertz CT molecular complexity index is 2790. The number of imidazole rings is 1. The number of fused-ring (bicyclic) bond motifs is 1. The molecule has 3 aromatic carbocycles.